The van der Waals surface area contributed by atoms with Gasteiger partial charge in [0.2, 0.25) is 0 Å². The molecule has 2 N–H and O–H groups in total. The van der Waals surface area contributed by atoms with Crippen molar-refractivity contribution in [3.8, 4) is 0 Å². The van der Waals surface area contributed by atoms with Crippen molar-refractivity contribution in [2.24, 2.45) is 5.92 Å². The van der Waals surface area contributed by atoms with E-state index in [-0.39, 0.29) is 17.8 Å². The van der Waals surface area contributed by atoms with Gasteiger partial charge in [-0.3, -0.25) is 4.79 Å². The Bertz CT molecular complexity index is 447. The fourth-order valence-electron chi connectivity index (χ4n) is 2.31. The smallest absolute Gasteiger partial charge is 0.251 e. The number of carbonyl (C=O) groups excluding carboxylic acids is 1. The number of amides is 1. The van der Waals surface area contributed by atoms with E-state index in [2.05, 4.69) is 17.6 Å². The lowest BCUT2D eigenvalue weighted by Gasteiger charge is -2.30. The van der Waals surface area contributed by atoms with Crippen molar-refractivity contribution < 1.29 is 9.18 Å². The molecule has 3 nitrogen and oxygen atoms in total. The minimum atomic E-state index is -0.309. The molecule has 1 heterocycles. The van der Waals surface area contributed by atoms with E-state index in [9.17, 15) is 9.18 Å². The predicted molar refractivity (Wildman–Crippen MR) is 69.0 cm³/mol. The summed E-state index contributed by atoms with van der Waals surface area (Å²) in [5, 5.41) is 6.29. The van der Waals surface area contributed by atoms with Crippen LogP contribution in [-0.4, -0.2) is 25.0 Å². The zero-order chi connectivity index (χ0) is 13.1. The van der Waals surface area contributed by atoms with Gasteiger partial charge < -0.3 is 10.6 Å². The average Bonchev–Trinajstić information content (AvgIpc) is 2.32. The van der Waals surface area contributed by atoms with Gasteiger partial charge in [-0.05, 0) is 49.6 Å². The molecule has 2 unspecified atom stereocenters. The molecule has 0 spiro atoms. The van der Waals surface area contributed by atoms with E-state index in [1.165, 1.54) is 12.1 Å². The van der Waals surface area contributed by atoms with E-state index in [1.807, 2.05) is 0 Å². The van der Waals surface area contributed by atoms with Gasteiger partial charge in [-0.1, -0.05) is 6.92 Å². The number of carbonyl (C=O) groups is 1. The van der Waals surface area contributed by atoms with Gasteiger partial charge in [-0.15, -0.1) is 0 Å². The van der Waals surface area contributed by atoms with Crippen LogP contribution >= 0.6 is 0 Å². The lowest BCUT2D eigenvalue weighted by molar-refractivity contribution is 0.0914. The number of rotatable bonds is 2. The molecule has 0 radical (unpaired) electrons. The van der Waals surface area contributed by atoms with Gasteiger partial charge in [0.05, 0.1) is 0 Å². The number of piperidine rings is 1. The number of benzene rings is 1. The Labute approximate surface area is 107 Å². The fraction of sp³-hybridized carbons (Fsp3) is 0.500. The lowest BCUT2D eigenvalue weighted by Crippen LogP contribution is -2.50. The molecular weight excluding hydrogens is 231 g/mol. The summed E-state index contributed by atoms with van der Waals surface area (Å²) >= 11 is 0. The van der Waals surface area contributed by atoms with Crippen molar-refractivity contribution in [3.63, 3.8) is 0 Å². The maximum absolute atomic E-state index is 13.0. The van der Waals surface area contributed by atoms with Crippen molar-refractivity contribution in [1.82, 2.24) is 10.6 Å². The molecule has 4 heteroatoms. The Kier molecular flexibility index (Phi) is 3.97. The first-order chi connectivity index (χ1) is 8.58. The van der Waals surface area contributed by atoms with Crippen LogP contribution in [0.1, 0.15) is 29.3 Å². The van der Waals surface area contributed by atoms with Crippen LogP contribution in [0.4, 0.5) is 4.39 Å². The van der Waals surface area contributed by atoms with Crippen LogP contribution in [0.15, 0.2) is 18.2 Å². The molecule has 1 fully saturated rings. The minimum Gasteiger partial charge on any atom is -0.348 e. The van der Waals surface area contributed by atoms with E-state index in [0.29, 0.717) is 17.0 Å². The number of hydrogen-bond acceptors (Lipinski definition) is 2. The summed E-state index contributed by atoms with van der Waals surface area (Å²) < 4.78 is 13.0. The Hall–Kier alpha value is -1.42. The number of hydrogen-bond donors (Lipinski definition) is 2. The van der Waals surface area contributed by atoms with Crippen LogP contribution in [0.25, 0.3) is 0 Å². The van der Waals surface area contributed by atoms with E-state index in [1.54, 1.807) is 13.0 Å². The zero-order valence-electron chi connectivity index (χ0n) is 10.8. The van der Waals surface area contributed by atoms with Crippen LogP contribution in [-0.2, 0) is 0 Å². The molecule has 1 aromatic carbocycles. The Balaban J connectivity index is 2.07. The third kappa shape index (κ3) is 2.88. The summed E-state index contributed by atoms with van der Waals surface area (Å²) in [5.74, 6) is 0.0424. The normalized spacial score (nSPS) is 23.7. The first-order valence-electron chi connectivity index (χ1n) is 6.35. The molecule has 1 aliphatic rings. The fourth-order valence-corrected chi connectivity index (χ4v) is 2.31. The molecule has 98 valence electrons. The third-order valence-corrected chi connectivity index (χ3v) is 3.58. The summed E-state index contributed by atoms with van der Waals surface area (Å²) in [4.78, 5) is 12.1. The Morgan fingerprint density at radius 1 is 1.50 bits per heavy atom. The summed E-state index contributed by atoms with van der Waals surface area (Å²) in [6.45, 7) is 5.69. The molecule has 0 bridgehead atoms. The lowest BCUT2D eigenvalue weighted by atomic mass is 9.94. The van der Waals surface area contributed by atoms with Gasteiger partial charge >= 0.3 is 0 Å². The van der Waals surface area contributed by atoms with E-state index in [0.717, 1.165) is 19.5 Å². The van der Waals surface area contributed by atoms with Gasteiger partial charge in [0.25, 0.3) is 5.91 Å². The highest BCUT2D eigenvalue weighted by molar-refractivity contribution is 5.95. The molecule has 1 aliphatic heterocycles. The second-order valence-corrected chi connectivity index (χ2v) is 5.01. The molecule has 0 saturated carbocycles. The molecule has 1 amide bonds. The number of halogens is 1. The van der Waals surface area contributed by atoms with Crippen molar-refractivity contribution in [2.75, 3.05) is 13.1 Å². The molecule has 1 saturated heterocycles. The summed E-state index contributed by atoms with van der Waals surface area (Å²) in [6, 6.07) is 4.40. The quantitative estimate of drug-likeness (QED) is 0.841. The van der Waals surface area contributed by atoms with Crippen molar-refractivity contribution in [3.05, 3.63) is 35.1 Å². The standard InChI is InChI=1S/C14H19FN2O/c1-9-5-6-16-8-13(9)17-14(18)12-4-3-11(15)7-10(12)2/h3-4,7,9,13,16H,5-6,8H2,1-2H3,(H,17,18). The molecule has 0 aromatic heterocycles. The third-order valence-electron chi connectivity index (χ3n) is 3.58. The second kappa shape index (κ2) is 5.48. The highest BCUT2D eigenvalue weighted by Crippen LogP contribution is 2.14. The Morgan fingerprint density at radius 3 is 2.94 bits per heavy atom. The van der Waals surface area contributed by atoms with E-state index >= 15 is 0 Å². The average molecular weight is 250 g/mol. The molecule has 0 aliphatic carbocycles. The first-order valence-corrected chi connectivity index (χ1v) is 6.35. The SMILES string of the molecule is Cc1cc(F)ccc1C(=O)NC1CNCCC1C. The zero-order valence-corrected chi connectivity index (χ0v) is 10.8. The number of aryl methyl sites for hydroxylation is 1. The predicted octanol–water partition coefficient (Wildman–Crippen LogP) is 1.86. The minimum absolute atomic E-state index is 0.118. The molecular formula is C14H19FN2O. The molecule has 1 aromatic rings. The van der Waals surface area contributed by atoms with Gasteiger partial charge in [-0.2, -0.15) is 0 Å². The summed E-state index contributed by atoms with van der Waals surface area (Å²) in [7, 11) is 0. The number of nitrogens with one attached hydrogen (secondary N) is 2. The van der Waals surface area contributed by atoms with Gasteiger partial charge in [0.15, 0.2) is 0 Å². The van der Waals surface area contributed by atoms with Crippen LogP contribution < -0.4 is 10.6 Å². The largest absolute Gasteiger partial charge is 0.348 e. The highest BCUT2D eigenvalue weighted by atomic mass is 19.1. The topological polar surface area (TPSA) is 41.1 Å². The second-order valence-electron chi connectivity index (χ2n) is 5.01. The maximum Gasteiger partial charge on any atom is 0.251 e. The van der Waals surface area contributed by atoms with E-state index in [4.69, 9.17) is 0 Å². The van der Waals surface area contributed by atoms with Crippen molar-refractivity contribution >= 4 is 5.91 Å². The Morgan fingerprint density at radius 2 is 2.28 bits per heavy atom. The van der Waals surface area contributed by atoms with Crippen LogP contribution in [0.3, 0.4) is 0 Å². The van der Waals surface area contributed by atoms with Crippen molar-refractivity contribution in [2.45, 2.75) is 26.3 Å². The first kappa shape index (κ1) is 13.0. The van der Waals surface area contributed by atoms with Crippen LogP contribution in [0.2, 0.25) is 0 Å². The maximum atomic E-state index is 13.0. The van der Waals surface area contributed by atoms with Gasteiger partial charge in [0.1, 0.15) is 5.82 Å². The molecule has 2 rings (SSSR count). The summed E-state index contributed by atoms with van der Waals surface area (Å²) in [5.41, 5.74) is 1.22. The summed E-state index contributed by atoms with van der Waals surface area (Å²) in [6.07, 6.45) is 1.06. The van der Waals surface area contributed by atoms with E-state index < -0.39 is 0 Å². The van der Waals surface area contributed by atoms with Gasteiger partial charge in [-0.25, -0.2) is 4.39 Å². The van der Waals surface area contributed by atoms with Crippen LogP contribution in [0, 0.1) is 18.7 Å². The van der Waals surface area contributed by atoms with Crippen LogP contribution in [0.5, 0.6) is 0 Å². The molecule has 18 heavy (non-hydrogen) atoms. The molecule has 2 atom stereocenters. The monoisotopic (exact) mass is 250 g/mol. The van der Waals surface area contributed by atoms with Gasteiger partial charge in [0, 0.05) is 18.2 Å². The van der Waals surface area contributed by atoms with Crippen molar-refractivity contribution in [1.29, 1.82) is 0 Å². The highest BCUT2D eigenvalue weighted by Gasteiger charge is 2.23.